The fourth-order valence-corrected chi connectivity index (χ4v) is 3.13. The molecule has 1 amide bonds. The molecule has 8 nitrogen and oxygen atoms in total. The molecule has 30 heavy (non-hydrogen) atoms. The third-order valence-electron chi connectivity index (χ3n) is 4.82. The number of ether oxygens (including phenoxy) is 3. The topological polar surface area (TPSA) is 99.2 Å². The van der Waals surface area contributed by atoms with Crippen LogP contribution in [0.25, 0.3) is 0 Å². The van der Waals surface area contributed by atoms with Crippen LogP contribution in [0.3, 0.4) is 0 Å². The number of methoxy groups -OCH3 is 2. The molecule has 0 bridgehead atoms. The van der Waals surface area contributed by atoms with Gasteiger partial charge in [0.1, 0.15) is 5.75 Å². The van der Waals surface area contributed by atoms with E-state index in [1.165, 1.54) is 19.1 Å². The van der Waals surface area contributed by atoms with Gasteiger partial charge in [0.2, 0.25) is 5.91 Å². The zero-order valence-corrected chi connectivity index (χ0v) is 16.6. The van der Waals surface area contributed by atoms with Crippen LogP contribution < -0.4 is 9.64 Å². The lowest BCUT2D eigenvalue weighted by Gasteiger charge is -2.16. The molecule has 1 aliphatic rings. The molecule has 0 saturated carbocycles. The maximum Gasteiger partial charge on any atom is 0.337 e. The van der Waals surface area contributed by atoms with Crippen molar-refractivity contribution >= 4 is 29.3 Å². The number of hydrogen-bond acceptors (Lipinski definition) is 7. The molecule has 1 saturated heterocycles. The van der Waals surface area contributed by atoms with Gasteiger partial charge in [0, 0.05) is 24.2 Å². The first-order chi connectivity index (χ1) is 14.4. The zero-order valence-electron chi connectivity index (χ0n) is 16.6. The lowest BCUT2D eigenvalue weighted by Crippen LogP contribution is -2.27. The van der Waals surface area contributed by atoms with Crippen molar-refractivity contribution in [2.24, 2.45) is 5.92 Å². The van der Waals surface area contributed by atoms with E-state index in [0.29, 0.717) is 22.6 Å². The van der Waals surface area contributed by atoms with Crippen LogP contribution in [0.2, 0.25) is 0 Å². The van der Waals surface area contributed by atoms with Crippen molar-refractivity contribution in [2.75, 3.05) is 32.3 Å². The van der Waals surface area contributed by atoms with Crippen molar-refractivity contribution in [3.63, 3.8) is 0 Å². The molecule has 0 aliphatic carbocycles. The van der Waals surface area contributed by atoms with Crippen molar-refractivity contribution in [2.45, 2.75) is 6.42 Å². The lowest BCUT2D eigenvalue weighted by atomic mass is 10.1. The Morgan fingerprint density at radius 3 is 2.20 bits per heavy atom. The normalized spacial score (nSPS) is 15.6. The molecule has 3 rings (SSSR count). The number of Topliss-reactive ketones (excluding diaryl/α,β-unsaturated/α-hetero) is 1. The van der Waals surface area contributed by atoms with Gasteiger partial charge in [-0.3, -0.25) is 14.4 Å². The van der Waals surface area contributed by atoms with Crippen molar-refractivity contribution in [1.82, 2.24) is 0 Å². The second-order valence-corrected chi connectivity index (χ2v) is 6.70. The Bertz CT molecular complexity index is 950. The van der Waals surface area contributed by atoms with Gasteiger partial charge in [-0.1, -0.05) is 0 Å². The van der Waals surface area contributed by atoms with Crippen molar-refractivity contribution < 1.29 is 33.4 Å². The van der Waals surface area contributed by atoms with E-state index in [0.717, 1.165) is 0 Å². The van der Waals surface area contributed by atoms with E-state index in [1.807, 2.05) is 0 Å². The molecular formula is C22H21NO7. The van der Waals surface area contributed by atoms with Crippen LogP contribution in [-0.4, -0.2) is 51.0 Å². The molecule has 0 N–H and O–H groups in total. The molecule has 1 aliphatic heterocycles. The van der Waals surface area contributed by atoms with Gasteiger partial charge in [-0.2, -0.15) is 0 Å². The Kier molecular flexibility index (Phi) is 6.46. The number of benzene rings is 2. The fourth-order valence-electron chi connectivity index (χ4n) is 3.13. The van der Waals surface area contributed by atoms with Gasteiger partial charge < -0.3 is 19.1 Å². The van der Waals surface area contributed by atoms with Crippen LogP contribution in [0.15, 0.2) is 48.5 Å². The number of anilines is 1. The predicted octanol–water partition coefficient (Wildman–Crippen LogP) is 2.26. The highest BCUT2D eigenvalue weighted by molar-refractivity contribution is 6.01. The molecule has 1 atom stereocenters. The van der Waals surface area contributed by atoms with Crippen LogP contribution in [0, 0.1) is 5.92 Å². The van der Waals surface area contributed by atoms with E-state index in [2.05, 4.69) is 4.74 Å². The van der Waals surface area contributed by atoms with Crippen molar-refractivity contribution in [1.29, 1.82) is 0 Å². The van der Waals surface area contributed by atoms with Crippen LogP contribution in [0.4, 0.5) is 5.69 Å². The van der Waals surface area contributed by atoms with E-state index in [9.17, 15) is 19.2 Å². The van der Waals surface area contributed by atoms with Gasteiger partial charge in [-0.05, 0) is 48.5 Å². The van der Waals surface area contributed by atoms with Gasteiger partial charge in [0.05, 0.1) is 25.7 Å². The molecule has 0 aromatic heterocycles. The number of amides is 1. The second kappa shape index (κ2) is 9.21. The van der Waals surface area contributed by atoms with Gasteiger partial charge in [0.15, 0.2) is 12.4 Å². The highest BCUT2D eigenvalue weighted by atomic mass is 16.5. The summed E-state index contributed by atoms with van der Waals surface area (Å²) in [4.78, 5) is 49.8. The minimum atomic E-state index is -0.665. The van der Waals surface area contributed by atoms with Crippen LogP contribution in [0.5, 0.6) is 5.75 Å². The maximum absolute atomic E-state index is 12.4. The highest BCUT2D eigenvalue weighted by Crippen LogP contribution is 2.26. The lowest BCUT2D eigenvalue weighted by molar-refractivity contribution is -0.147. The number of ketones is 1. The summed E-state index contributed by atoms with van der Waals surface area (Å²) in [5, 5.41) is 0. The quantitative estimate of drug-likeness (QED) is 0.509. The fraction of sp³-hybridized carbons (Fsp3) is 0.273. The average Bonchev–Trinajstić information content (AvgIpc) is 3.18. The molecule has 156 valence electrons. The molecule has 2 aromatic rings. The van der Waals surface area contributed by atoms with E-state index >= 15 is 0 Å². The average molecular weight is 411 g/mol. The monoisotopic (exact) mass is 411 g/mol. The van der Waals surface area contributed by atoms with Crippen molar-refractivity contribution in [3.8, 4) is 5.75 Å². The van der Waals surface area contributed by atoms with E-state index in [1.54, 1.807) is 48.5 Å². The molecule has 1 fully saturated rings. The predicted molar refractivity (Wildman–Crippen MR) is 107 cm³/mol. The number of nitrogens with zero attached hydrogens (tertiary/aromatic N) is 1. The largest absolute Gasteiger partial charge is 0.497 e. The molecule has 0 unspecified atom stereocenters. The van der Waals surface area contributed by atoms with E-state index in [4.69, 9.17) is 9.47 Å². The molecule has 2 aromatic carbocycles. The SMILES string of the molecule is COC(=O)c1ccc(N2C[C@H](C(=O)OCC(=O)c3ccc(OC)cc3)CC2=O)cc1. The van der Waals surface area contributed by atoms with E-state index in [-0.39, 0.29) is 24.7 Å². The summed E-state index contributed by atoms with van der Waals surface area (Å²) < 4.78 is 14.8. The minimum absolute atomic E-state index is 0.00564. The minimum Gasteiger partial charge on any atom is -0.497 e. The number of carbonyl (C=O) groups excluding carboxylic acids is 4. The standard InChI is InChI=1S/C22H21NO7/c1-28-18-9-5-14(6-10-18)19(24)13-30-22(27)16-11-20(25)23(12-16)17-7-3-15(4-8-17)21(26)29-2/h3-10,16H,11-13H2,1-2H3/t16-/m1/s1. The molecule has 8 heteroatoms. The third kappa shape index (κ3) is 4.65. The first-order valence-electron chi connectivity index (χ1n) is 9.25. The summed E-state index contributed by atoms with van der Waals surface area (Å²) in [5.74, 6) is -1.69. The van der Waals surface area contributed by atoms with Crippen LogP contribution in [-0.2, 0) is 19.1 Å². The Morgan fingerprint density at radius 2 is 1.60 bits per heavy atom. The third-order valence-corrected chi connectivity index (χ3v) is 4.82. The maximum atomic E-state index is 12.4. The Hall–Kier alpha value is -3.68. The van der Waals surface area contributed by atoms with Crippen LogP contribution in [0.1, 0.15) is 27.1 Å². The number of carbonyl (C=O) groups is 4. The van der Waals surface area contributed by atoms with Crippen LogP contribution >= 0.6 is 0 Å². The smallest absolute Gasteiger partial charge is 0.337 e. The molecular weight excluding hydrogens is 390 g/mol. The zero-order chi connectivity index (χ0) is 21.7. The molecule has 0 spiro atoms. The summed E-state index contributed by atoms with van der Waals surface area (Å²) in [6.07, 6.45) is -0.00564. The Balaban J connectivity index is 1.56. The summed E-state index contributed by atoms with van der Waals surface area (Å²) in [7, 11) is 2.81. The van der Waals surface area contributed by atoms with Gasteiger partial charge in [0.25, 0.3) is 0 Å². The summed E-state index contributed by atoms with van der Waals surface area (Å²) in [6, 6.07) is 12.8. The summed E-state index contributed by atoms with van der Waals surface area (Å²) >= 11 is 0. The molecule has 0 radical (unpaired) electrons. The summed E-state index contributed by atoms with van der Waals surface area (Å²) in [5.41, 5.74) is 1.33. The van der Waals surface area contributed by atoms with E-state index < -0.39 is 24.5 Å². The molecule has 1 heterocycles. The Labute approximate surface area is 173 Å². The Morgan fingerprint density at radius 1 is 0.967 bits per heavy atom. The first-order valence-corrected chi connectivity index (χ1v) is 9.25. The summed E-state index contributed by atoms with van der Waals surface area (Å²) in [6.45, 7) is -0.254. The number of esters is 2. The first kappa shape index (κ1) is 21.0. The highest BCUT2D eigenvalue weighted by Gasteiger charge is 2.36. The van der Waals surface area contributed by atoms with Crippen molar-refractivity contribution in [3.05, 3.63) is 59.7 Å². The number of hydrogen-bond donors (Lipinski definition) is 0. The second-order valence-electron chi connectivity index (χ2n) is 6.70. The van der Waals surface area contributed by atoms with Gasteiger partial charge >= 0.3 is 11.9 Å². The van der Waals surface area contributed by atoms with Gasteiger partial charge in [-0.15, -0.1) is 0 Å². The van der Waals surface area contributed by atoms with Gasteiger partial charge in [-0.25, -0.2) is 4.79 Å². The number of rotatable bonds is 7.